The van der Waals surface area contributed by atoms with Gasteiger partial charge in [-0.1, -0.05) is 25.1 Å². The van der Waals surface area contributed by atoms with Crippen LogP contribution in [0.5, 0.6) is 5.75 Å². The largest absolute Gasteiger partial charge is 0.463 e. The zero-order valence-corrected chi connectivity index (χ0v) is 23.4. The van der Waals surface area contributed by atoms with Gasteiger partial charge in [-0.25, -0.2) is 13.8 Å². The number of esters is 1. The summed E-state index contributed by atoms with van der Waals surface area (Å²) in [6.45, 7) is 6.51. The summed E-state index contributed by atoms with van der Waals surface area (Å²) in [5, 5.41) is 11.1. The summed E-state index contributed by atoms with van der Waals surface area (Å²) in [4.78, 5) is 28.6. The molecule has 1 saturated heterocycles. The van der Waals surface area contributed by atoms with Crippen molar-refractivity contribution in [2.45, 2.75) is 70.3 Å². The number of aliphatic hydroxyl groups excluding tert-OH is 1. The zero-order valence-electron chi connectivity index (χ0n) is 22.5. The normalized spacial score (nSPS) is 25.7. The van der Waals surface area contributed by atoms with Gasteiger partial charge in [-0.15, -0.1) is 0 Å². The van der Waals surface area contributed by atoms with Crippen LogP contribution in [0.15, 0.2) is 47.4 Å². The van der Waals surface area contributed by atoms with Crippen molar-refractivity contribution in [3.63, 3.8) is 0 Å². The maximum Gasteiger partial charge on any atom is 0.380 e. The van der Waals surface area contributed by atoms with Crippen LogP contribution in [0.2, 0.25) is 0 Å². The lowest BCUT2D eigenvalue weighted by molar-refractivity contribution is -0.151. The summed E-state index contributed by atoms with van der Waals surface area (Å²) in [6, 6.07) is 9.48. The van der Waals surface area contributed by atoms with Crippen molar-refractivity contribution in [3.8, 4) is 5.75 Å². The van der Waals surface area contributed by atoms with E-state index in [9.17, 15) is 23.7 Å². The van der Waals surface area contributed by atoms with E-state index in [1.807, 2.05) is 0 Å². The van der Waals surface area contributed by atoms with E-state index < -0.39 is 67.5 Å². The van der Waals surface area contributed by atoms with Crippen molar-refractivity contribution in [2.24, 2.45) is 11.7 Å². The number of carbonyl (C=O) groups is 1. The first-order valence-corrected chi connectivity index (χ1v) is 14.1. The molecule has 1 fully saturated rings. The summed E-state index contributed by atoms with van der Waals surface area (Å²) in [5.74, 6) is -1.35. The lowest BCUT2D eigenvalue weighted by Gasteiger charge is -2.37. The third-order valence-corrected chi connectivity index (χ3v) is 8.44. The Morgan fingerprint density at radius 1 is 1.28 bits per heavy atom. The van der Waals surface area contributed by atoms with Crippen LogP contribution in [0.4, 0.5) is 10.2 Å². The number of para-hydroxylation sites is 1. The van der Waals surface area contributed by atoms with Gasteiger partial charge in [0.25, 0.3) is 0 Å². The molecule has 1 aromatic carbocycles. The standard InChI is InChI=1S/C25H36FN4O8P/c1-15(2)35-21(32)16(3)13-39(34,37-17-9-7-6-8-10-17)38-24(4,5)20-19(31)25(28,14-26)22(36-20)30-12-11-18(27)29-23(30)33/h6-12,15-16,19-20,22,31H,13-14,28H2,1-5H3,(H2,27,29,33)/t16-,19+,20+,22-,25?,39?/m1/s1. The molecule has 1 aliphatic rings. The Kier molecular flexibility index (Phi) is 9.24. The lowest BCUT2D eigenvalue weighted by atomic mass is 9.86. The summed E-state index contributed by atoms with van der Waals surface area (Å²) < 4.78 is 52.4. The highest BCUT2D eigenvalue weighted by molar-refractivity contribution is 7.54. The SMILES string of the molecule is CC(C)OC(=O)[C@H](C)CP(=O)(Oc1ccccc1)OC(C)(C)[C@H]1O[C@@H](n2ccc(N)nc2=O)C(N)(CF)[C@H]1O. The van der Waals surface area contributed by atoms with Crippen molar-refractivity contribution in [3.05, 3.63) is 53.1 Å². The molecule has 14 heteroatoms. The van der Waals surface area contributed by atoms with E-state index in [1.165, 1.54) is 33.0 Å². The maximum atomic E-state index is 14.3. The van der Waals surface area contributed by atoms with Crippen molar-refractivity contribution >= 4 is 19.4 Å². The van der Waals surface area contributed by atoms with E-state index in [4.69, 9.17) is 30.0 Å². The monoisotopic (exact) mass is 570 g/mol. The fraction of sp³-hybridized carbons (Fsp3) is 0.560. The lowest BCUT2D eigenvalue weighted by Crippen LogP contribution is -2.59. The van der Waals surface area contributed by atoms with Gasteiger partial charge in [0.05, 0.1) is 18.2 Å². The third-order valence-electron chi connectivity index (χ3n) is 6.21. The summed E-state index contributed by atoms with van der Waals surface area (Å²) >= 11 is 0. The molecule has 12 nitrogen and oxygen atoms in total. The average Bonchev–Trinajstić information content (AvgIpc) is 3.10. The molecule has 3 rings (SSSR count). The van der Waals surface area contributed by atoms with E-state index in [0.717, 1.165) is 4.57 Å². The number of aliphatic hydroxyl groups is 1. The Morgan fingerprint density at radius 3 is 2.49 bits per heavy atom. The molecule has 0 bridgehead atoms. The molecule has 0 saturated carbocycles. The number of anilines is 1. The van der Waals surface area contributed by atoms with E-state index >= 15 is 0 Å². The van der Waals surface area contributed by atoms with Gasteiger partial charge < -0.3 is 30.6 Å². The minimum absolute atomic E-state index is 0.0676. The summed E-state index contributed by atoms with van der Waals surface area (Å²) in [7, 11) is -4.18. The summed E-state index contributed by atoms with van der Waals surface area (Å²) in [5.41, 5.74) is 7.20. The van der Waals surface area contributed by atoms with E-state index in [1.54, 1.807) is 44.2 Å². The van der Waals surface area contributed by atoms with Gasteiger partial charge in [-0.3, -0.25) is 13.9 Å². The maximum absolute atomic E-state index is 14.3. The van der Waals surface area contributed by atoms with E-state index in [0.29, 0.717) is 0 Å². The smallest absolute Gasteiger partial charge is 0.380 e. The second-order valence-corrected chi connectivity index (χ2v) is 12.4. The van der Waals surface area contributed by atoms with Crippen LogP contribution in [0, 0.1) is 5.92 Å². The molecule has 1 aromatic heterocycles. The molecule has 0 amide bonds. The van der Waals surface area contributed by atoms with Crippen LogP contribution in [-0.4, -0.2) is 62.9 Å². The van der Waals surface area contributed by atoms with Gasteiger partial charge in [0.15, 0.2) is 6.23 Å². The molecule has 0 aliphatic carbocycles. The quantitative estimate of drug-likeness (QED) is 0.267. The minimum atomic E-state index is -4.18. The first kappa shape index (κ1) is 30.7. The fourth-order valence-electron chi connectivity index (χ4n) is 4.29. The van der Waals surface area contributed by atoms with Crippen molar-refractivity contribution in [2.75, 3.05) is 18.6 Å². The van der Waals surface area contributed by atoms with Gasteiger partial charge in [-0.05, 0) is 45.9 Å². The minimum Gasteiger partial charge on any atom is -0.463 e. The number of ether oxygens (including phenoxy) is 2. The molecule has 1 aliphatic heterocycles. The van der Waals surface area contributed by atoms with Gasteiger partial charge in [0.2, 0.25) is 0 Å². The van der Waals surface area contributed by atoms with Crippen molar-refractivity contribution < 1.29 is 37.4 Å². The molecular formula is C25H36FN4O8P. The number of halogens is 1. The first-order chi connectivity index (χ1) is 18.1. The highest BCUT2D eigenvalue weighted by atomic mass is 31.2. The number of nitrogens with zero attached hydrogens (tertiary/aromatic N) is 2. The molecule has 0 radical (unpaired) electrons. The second-order valence-electron chi connectivity index (χ2n) is 10.4. The van der Waals surface area contributed by atoms with Crippen LogP contribution >= 0.6 is 7.60 Å². The number of rotatable bonds is 11. The van der Waals surface area contributed by atoms with Gasteiger partial charge in [0, 0.05) is 6.20 Å². The predicted molar refractivity (Wildman–Crippen MR) is 141 cm³/mol. The Labute approximate surface area is 225 Å². The highest BCUT2D eigenvalue weighted by Crippen LogP contribution is 2.55. The van der Waals surface area contributed by atoms with Crippen molar-refractivity contribution in [1.82, 2.24) is 9.55 Å². The van der Waals surface area contributed by atoms with Crippen LogP contribution in [0.1, 0.15) is 40.8 Å². The Bertz CT molecular complexity index is 1260. The van der Waals surface area contributed by atoms with Crippen LogP contribution in [0.25, 0.3) is 0 Å². The number of carbonyl (C=O) groups excluding carboxylic acids is 1. The molecule has 5 N–H and O–H groups in total. The fourth-order valence-corrected chi connectivity index (χ4v) is 6.56. The van der Waals surface area contributed by atoms with Crippen LogP contribution in [-0.2, 0) is 23.4 Å². The second kappa shape index (κ2) is 11.7. The van der Waals surface area contributed by atoms with Crippen LogP contribution < -0.4 is 21.7 Å². The third kappa shape index (κ3) is 6.85. The molecule has 6 atom stereocenters. The van der Waals surface area contributed by atoms with Gasteiger partial charge in [-0.2, -0.15) is 4.98 Å². The number of hydrogen-bond acceptors (Lipinski definition) is 11. The van der Waals surface area contributed by atoms with Gasteiger partial charge in [0.1, 0.15) is 41.6 Å². The number of hydrogen-bond donors (Lipinski definition) is 3. The predicted octanol–water partition coefficient (Wildman–Crippen LogP) is 2.41. The topological polar surface area (TPSA) is 178 Å². The van der Waals surface area contributed by atoms with Gasteiger partial charge >= 0.3 is 19.3 Å². The highest BCUT2D eigenvalue weighted by Gasteiger charge is 2.61. The van der Waals surface area contributed by atoms with Crippen LogP contribution in [0.3, 0.4) is 0 Å². The molecule has 216 valence electrons. The zero-order chi connectivity index (χ0) is 29.2. The first-order valence-electron chi connectivity index (χ1n) is 12.4. The number of alkyl halides is 1. The number of nitrogen functional groups attached to an aromatic ring is 1. The molecular weight excluding hydrogens is 534 g/mol. The average molecular weight is 571 g/mol. The molecule has 39 heavy (non-hydrogen) atoms. The molecule has 2 aromatic rings. The molecule has 2 unspecified atom stereocenters. The molecule has 2 heterocycles. The number of nitrogens with two attached hydrogens (primary N) is 2. The Morgan fingerprint density at radius 2 is 1.92 bits per heavy atom. The van der Waals surface area contributed by atoms with Crippen molar-refractivity contribution in [1.29, 1.82) is 0 Å². The Hall–Kier alpha value is -2.83. The summed E-state index contributed by atoms with van der Waals surface area (Å²) in [6.07, 6.45) is -4.16. The number of aromatic nitrogens is 2. The van der Waals surface area contributed by atoms with E-state index in [-0.39, 0.29) is 17.7 Å². The molecule has 0 spiro atoms. The Balaban J connectivity index is 1.95. The van der Waals surface area contributed by atoms with E-state index in [2.05, 4.69) is 4.98 Å². The number of benzene rings is 1.